The van der Waals surface area contributed by atoms with Gasteiger partial charge in [0.05, 0.1) is 5.75 Å². The number of rotatable bonds is 9. The van der Waals surface area contributed by atoms with Crippen LogP contribution in [0.25, 0.3) is 0 Å². The van der Waals surface area contributed by atoms with Crippen LogP contribution in [-0.2, 0) is 4.79 Å². The van der Waals surface area contributed by atoms with Gasteiger partial charge in [-0.3, -0.25) is 4.79 Å². The monoisotopic (exact) mass is 446 g/mol. The fourth-order valence-electron chi connectivity index (χ4n) is 1.36. The highest BCUT2D eigenvalue weighted by atomic mass is 32.2. The van der Waals surface area contributed by atoms with Crippen molar-refractivity contribution in [3.8, 4) is 0 Å². The van der Waals surface area contributed by atoms with Crippen LogP contribution in [0.2, 0.25) is 0 Å². The molecular weight excluding hydrogens is 432 g/mol. The minimum Gasteiger partial charge on any atom is -0.287 e. The Morgan fingerprint density at radius 3 is 1.56 bits per heavy atom. The van der Waals surface area contributed by atoms with Gasteiger partial charge in [-0.05, 0) is 6.42 Å². The van der Waals surface area contributed by atoms with Gasteiger partial charge in [0.15, 0.2) is 5.12 Å². The molecule has 0 N–H and O–H groups in total. The van der Waals surface area contributed by atoms with Crippen molar-refractivity contribution >= 4 is 16.9 Å². The lowest BCUT2D eigenvalue weighted by Gasteiger charge is -2.39. The van der Waals surface area contributed by atoms with Crippen molar-refractivity contribution in [2.75, 3.05) is 5.75 Å². The summed E-state index contributed by atoms with van der Waals surface area (Å²) in [6.45, 7) is 3.77. The molecule has 0 fully saturated rings. The fourth-order valence-corrected chi connectivity index (χ4v) is 2.39. The van der Waals surface area contributed by atoms with Crippen LogP contribution in [-0.4, -0.2) is 46.9 Å². The molecule has 0 saturated carbocycles. The van der Waals surface area contributed by atoms with Crippen molar-refractivity contribution in [2.24, 2.45) is 5.41 Å². The second-order valence-corrected chi connectivity index (χ2v) is 7.11. The molecule has 0 radical (unpaired) electrons. The molecule has 0 aromatic rings. The summed E-state index contributed by atoms with van der Waals surface area (Å²) in [6, 6.07) is 0. The third-order valence-electron chi connectivity index (χ3n) is 3.76. The van der Waals surface area contributed by atoms with Gasteiger partial charge in [0.1, 0.15) is 0 Å². The Morgan fingerprint density at radius 2 is 1.22 bits per heavy atom. The van der Waals surface area contributed by atoms with Crippen molar-refractivity contribution < 1.29 is 57.5 Å². The van der Waals surface area contributed by atoms with Crippen molar-refractivity contribution in [1.29, 1.82) is 0 Å². The first kappa shape index (κ1) is 26.2. The summed E-state index contributed by atoms with van der Waals surface area (Å²) < 4.78 is 156. The zero-order valence-electron chi connectivity index (χ0n) is 13.8. The second-order valence-electron chi connectivity index (χ2n) is 6.16. The van der Waals surface area contributed by atoms with Crippen LogP contribution in [0.5, 0.6) is 0 Å². The average Bonchev–Trinajstić information content (AvgIpc) is 2.51. The van der Waals surface area contributed by atoms with Crippen molar-refractivity contribution in [3.63, 3.8) is 0 Å². The molecule has 0 amide bonds. The van der Waals surface area contributed by atoms with Gasteiger partial charge < -0.3 is 0 Å². The van der Waals surface area contributed by atoms with Crippen LogP contribution in [0.4, 0.5) is 52.7 Å². The predicted molar refractivity (Wildman–Crippen MR) is 72.3 cm³/mol. The van der Waals surface area contributed by atoms with E-state index < -0.39 is 64.1 Å². The summed E-state index contributed by atoms with van der Waals surface area (Å²) in [5.74, 6) is -37.9. The summed E-state index contributed by atoms with van der Waals surface area (Å²) in [4.78, 5) is 11.6. The van der Waals surface area contributed by atoms with E-state index in [0.29, 0.717) is 0 Å². The largest absolute Gasteiger partial charge is 0.384 e. The number of thioether (sulfide) groups is 1. The maximum atomic E-state index is 13.5. The fraction of sp³-hybridized carbons (Fsp3) is 0.923. The normalized spacial score (nSPS) is 15.4. The lowest BCUT2D eigenvalue weighted by Crippen LogP contribution is -2.69. The van der Waals surface area contributed by atoms with Gasteiger partial charge in [0.25, 0.3) is 0 Å². The summed E-state index contributed by atoms with van der Waals surface area (Å²) in [5, 5.41) is -1.19. The number of carbonyl (C=O) groups excluding carboxylic acids is 1. The van der Waals surface area contributed by atoms with E-state index in [1.807, 2.05) is 0 Å². The zero-order chi connectivity index (χ0) is 22.3. The Bertz CT molecular complexity index is 543. The third kappa shape index (κ3) is 4.29. The van der Waals surface area contributed by atoms with Crippen LogP contribution in [0, 0.1) is 5.41 Å². The van der Waals surface area contributed by atoms with Crippen molar-refractivity contribution in [1.82, 2.24) is 0 Å². The van der Waals surface area contributed by atoms with Gasteiger partial charge >= 0.3 is 36.0 Å². The highest BCUT2D eigenvalue weighted by molar-refractivity contribution is 8.13. The lowest BCUT2D eigenvalue weighted by atomic mass is 9.92. The molecule has 0 unspecified atom stereocenters. The van der Waals surface area contributed by atoms with Gasteiger partial charge in [0, 0.05) is 5.41 Å². The maximum absolute atomic E-state index is 13.5. The molecule has 0 saturated heterocycles. The molecule has 14 heteroatoms. The molecule has 0 atom stereocenters. The Kier molecular flexibility index (Phi) is 7.31. The Morgan fingerprint density at radius 1 is 0.815 bits per heavy atom. The molecular formula is C13H14F12OS. The van der Waals surface area contributed by atoms with E-state index in [4.69, 9.17) is 0 Å². The Balaban J connectivity index is 5.83. The smallest absolute Gasteiger partial charge is 0.287 e. The van der Waals surface area contributed by atoms with Crippen LogP contribution < -0.4 is 0 Å². The Hall–Kier alpha value is -0.820. The van der Waals surface area contributed by atoms with Crippen LogP contribution in [0.1, 0.15) is 27.2 Å². The molecule has 0 aromatic carbocycles. The van der Waals surface area contributed by atoms with E-state index in [0.717, 1.165) is 0 Å². The number of carbonyl (C=O) groups is 1. The van der Waals surface area contributed by atoms with Gasteiger partial charge in [-0.1, -0.05) is 32.5 Å². The lowest BCUT2D eigenvalue weighted by molar-refractivity contribution is -0.409. The van der Waals surface area contributed by atoms with Crippen LogP contribution in [0.3, 0.4) is 0 Å². The first-order valence-corrected chi connectivity index (χ1v) is 7.96. The zero-order valence-corrected chi connectivity index (χ0v) is 14.7. The van der Waals surface area contributed by atoms with Gasteiger partial charge in [0.2, 0.25) is 0 Å². The van der Waals surface area contributed by atoms with Gasteiger partial charge in [-0.2, -0.15) is 43.9 Å². The molecule has 1 nitrogen and oxygen atoms in total. The first-order chi connectivity index (χ1) is 11.6. The summed E-state index contributed by atoms with van der Waals surface area (Å²) in [6.07, 6.45) is -5.53. The van der Waals surface area contributed by atoms with E-state index in [2.05, 4.69) is 0 Å². The molecule has 0 heterocycles. The average molecular weight is 446 g/mol. The molecule has 0 bridgehead atoms. The van der Waals surface area contributed by atoms with Gasteiger partial charge in [-0.15, -0.1) is 0 Å². The van der Waals surface area contributed by atoms with E-state index in [9.17, 15) is 57.5 Å². The van der Waals surface area contributed by atoms with Crippen molar-refractivity contribution in [2.45, 2.75) is 63.2 Å². The van der Waals surface area contributed by atoms with E-state index in [1.165, 1.54) is 20.8 Å². The predicted octanol–water partition coefficient (Wildman–Crippen LogP) is 6.12. The van der Waals surface area contributed by atoms with Crippen molar-refractivity contribution in [3.05, 3.63) is 0 Å². The molecule has 27 heavy (non-hydrogen) atoms. The molecule has 0 aliphatic heterocycles. The van der Waals surface area contributed by atoms with Crippen LogP contribution >= 0.6 is 11.8 Å². The molecule has 162 valence electrons. The minimum absolute atomic E-state index is 0.00956. The molecule has 0 aliphatic carbocycles. The molecule has 0 aromatic heterocycles. The second kappa shape index (κ2) is 7.54. The summed E-state index contributed by atoms with van der Waals surface area (Å²) in [5.41, 5.74) is -1.37. The SMILES string of the molecule is CCC(C)(C)C(=O)SCC(F)(F)C(F)(F)C(F)(F)C(F)(F)C(F)(F)C(F)F. The van der Waals surface area contributed by atoms with E-state index in [-0.39, 0.29) is 6.42 Å². The number of hydrogen-bond acceptors (Lipinski definition) is 2. The maximum Gasteiger partial charge on any atom is 0.384 e. The number of halogens is 12. The van der Waals surface area contributed by atoms with Crippen LogP contribution in [0.15, 0.2) is 0 Å². The van der Waals surface area contributed by atoms with E-state index >= 15 is 0 Å². The summed E-state index contributed by atoms with van der Waals surface area (Å²) >= 11 is -0.600. The summed E-state index contributed by atoms with van der Waals surface area (Å²) in [7, 11) is 0. The molecule has 0 aliphatic rings. The standard InChI is InChI=1S/C13H14F12OS/c1-4-8(2,3)7(26)27-5-9(16,17)11(20,21)13(24,25)12(22,23)10(18,19)6(14)15/h6H,4-5H2,1-3H3. The minimum atomic E-state index is -7.56. The number of hydrogen-bond donors (Lipinski definition) is 0. The van der Waals surface area contributed by atoms with E-state index in [1.54, 1.807) is 0 Å². The highest BCUT2D eigenvalue weighted by Crippen LogP contribution is 2.58. The topological polar surface area (TPSA) is 17.1 Å². The quantitative estimate of drug-likeness (QED) is 0.397. The Labute approximate surface area is 149 Å². The molecule has 0 spiro atoms. The molecule has 0 rings (SSSR count). The highest BCUT2D eigenvalue weighted by Gasteiger charge is 2.87. The number of alkyl halides is 12. The first-order valence-electron chi connectivity index (χ1n) is 6.98. The van der Waals surface area contributed by atoms with Gasteiger partial charge in [-0.25, -0.2) is 8.78 Å². The third-order valence-corrected chi connectivity index (χ3v) is 5.08.